The Bertz CT molecular complexity index is 1120. The topological polar surface area (TPSA) is 95.7 Å². The van der Waals surface area contributed by atoms with Crippen LogP contribution in [-0.4, -0.2) is 28.5 Å². The third-order valence-electron chi connectivity index (χ3n) is 3.90. The van der Waals surface area contributed by atoms with Crippen LogP contribution in [0.5, 0.6) is 11.5 Å². The highest BCUT2D eigenvalue weighted by Crippen LogP contribution is 2.30. The van der Waals surface area contributed by atoms with E-state index in [0.29, 0.717) is 0 Å². The van der Waals surface area contributed by atoms with E-state index in [1.54, 1.807) is 0 Å². The van der Waals surface area contributed by atoms with Gasteiger partial charge in [0.1, 0.15) is 4.91 Å². The van der Waals surface area contributed by atoms with Crippen molar-refractivity contribution in [3.8, 4) is 11.5 Å². The number of halogens is 5. The Hall–Kier alpha value is -3.15. The van der Waals surface area contributed by atoms with Gasteiger partial charge in [0.25, 0.3) is 5.91 Å². The zero-order valence-electron chi connectivity index (χ0n) is 15.4. The van der Waals surface area contributed by atoms with E-state index in [2.05, 4.69) is 0 Å². The van der Waals surface area contributed by atoms with Gasteiger partial charge in [-0.05, 0) is 23.8 Å². The van der Waals surface area contributed by atoms with Gasteiger partial charge >= 0.3 is 0 Å². The molecule has 0 aliphatic rings. The molecule has 0 aliphatic heterocycles. The number of nitrogens with two attached hydrogens (primary N) is 1. The van der Waals surface area contributed by atoms with Crippen LogP contribution in [0.3, 0.4) is 0 Å². The van der Waals surface area contributed by atoms with Crippen molar-refractivity contribution in [2.45, 2.75) is 5.75 Å². The Balaban J connectivity index is 2.60. The van der Waals surface area contributed by atoms with Crippen molar-refractivity contribution in [3.05, 3.63) is 63.3 Å². The molecule has 0 fully saturated rings. The minimum absolute atomic E-state index is 0.00862. The van der Waals surface area contributed by atoms with Crippen LogP contribution in [0, 0.1) is 29.1 Å². The minimum Gasteiger partial charge on any atom is -0.493 e. The van der Waals surface area contributed by atoms with Crippen molar-refractivity contribution < 1.29 is 44.6 Å². The van der Waals surface area contributed by atoms with Crippen LogP contribution in [-0.2, 0) is 20.4 Å². The molecule has 0 spiro atoms. The molecule has 0 bridgehead atoms. The van der Waals surface area contributed by atoms with Crippen LogP contribution in [0.1, 0.15) is 11.1 Å². The number of carbonyl (C=O) groups is 1. The molecular formula is C18H14F5NO5S. The van der Waals surface area contributed by atoms with Gasteiger partial charge in [0.15, 0.2) is 44.6 Å². The number of hydrogen-bond donors (Lipinski definition) is 1. The van der Waals surface area contributed by atoms with E-state index in [1.165, 1.54) is 32.4 Å². The molecule has 0 atom stereocenters. The number of carbonyl (C=O) groups excluding carboxylic acids is 1. The van der Waals surface area contributed by atoms with Crippen molar-refractivity contribution >= 4 is 21.8 Å². The van der Waals surface area contributed by atoms with Gasteiger partial charge in [0, 0.05) is 0 Å². The number of ether oxygens (including phenoxy) is 2. The highest BCUT2D eigenvalue weighted by molar-refractivity contribution is 7.95. The van der Waals surface area contributed by atoms with Crippen LogP contribution in [0.2, 0.25) is 0 Å². The summed E-state index contributed by atoms with van der Waals surface area (Å²) < 4.78 is 103. The number of rotatable bonds is 7. The molecule has 2 rings (SSSR count). The van der Waals surface area contributed by atoms with E-state index in [9.17, 15) is 35.2 Å². The first-order valence-corrected chi connectivity index (χ1v) is 9.56. The minimum atomic E-state index is -4.67. The summed E-state index contributed by atoms with van der Waals surface area (Å²) in [6, 6.07) is 3.92. The van der Waals surface area contributed by atoms with Crippen LogP contribution >= 0.6 is 0 Å². The fourth-order valence-corrected chi connectivity index (χ4v) is 3.84. The van der Waals surface area contributed by atoms with Gasteiger partial charge in [-0.15, -0.1) is 0 Å². The molecule has 0 unspecified atom stereocenters. The molecule has 30 heavy (non-hydrogen) atoms. The van der Waals surface area contributed by atoms with Crippen molar-refractivity contribution in [1.82, 2.24) is 0 Å². The smallest absolute Gasteiger partial charge is 0.260 e. The van der Waals surface area contributed by atoms with Gasteiger partial charge in [-0.25, -0.2) is 30.4 Å². The summed E-state index contributed by atoms with van der Waals surface area (Å²) in [6.07, 6.45) is 0.00862. The van der Waals surface area contributed by atoms with E-state index in [1.807, 2.05) is 0 Å². The molecule has 162 valence electrons. The van der Waals surface area contributed by atoms with Crippen LogP contribution in [0.25, 0.3) is 6.08 Å². The predicted molar refractivity (Wildman–Crippen MR) is 95.6 cm³/mol. The van der Waals surface area contributed by atoms with E-state index in [-0.39, 0.29) is 23.1 Å². The molecule has 0 saturated heterocycles. The molecule has 0 saturated carbocycles. The molecule has 0 aliphatic carbocycles. The first kappa shape index (κ1) is 23.1. The van der Waals surface area contributed by atoms with E-state index in [4.69, 9.17) is 15.2 Å². The monoisotopic (exact) mass is 451 g/mol. The fourth-order valence-electron chi connectivity index (χ4n) is 2.46. The first-order chi connectivity index (χ1) is 13.9. The quantitative estimate of drug-likeness (QED) is 0.302. The lowest BCUT2D eigenvalue weighted by molar-refractivity contribution is -0.113. The zero-order valence-corrected chi connectivity index (χ0v) is 16.2. The molecule has 0 radical (unpaired) electrons. The number of benzene rings is 2. The number of primary amides is 1. The summed E-state index contributed by atoms with van der Waals surface area (Å²) in [5.74, 6) is -13.8. The summed E-state index contributed by atoms with van der Waals surface area (Å²) in [4.78, 5) is 10.3. The normalized spacial score (nSPS) is 12.0. The highest BCUT2D eigenvalue weighted by Gasteiger charge is 2.29. The van der Waals surface area contributed by atoms with Crippen LogP contribution in [0.4, 0.5) is 22.0 Å². The van der Waals surface area contributed by atoms with Crippen molar-refractivity contribution in [1.29, 1.82) is 0 Å². The Morgan fingerprint density at radius 3 is 1.90 bits per heavy atom. The van der Waals surface area contributed by atoms with Crippen molar-refractivity contribution in [2.75, 3.05) is 14.2 Å². The Labute approximate surface area is 167 Å². The van der Waals surface area contributed by atoms with Crippen molar-refractivity contribution in [2.24, 2.45) is 5.73 Å². The van der Waals surface area contributed by atoms with E-state index in [0.717, 1.165) is 0 Å². The molecule has 2 aromatic rings. The lowest BCUT2D eigenvalue weighted by Crippen LogP contribution is -2.22. The molecule has 12 heteroatoms. The maximum absolute atomic E-state index is 13.9. The number of hydrogen-bond acceptors (Lipinski definition) is 5. The summed E-state index contributed by atoms with van der Waals surface area (Å²) in [7, 11) is -2.04. The van der Waals surface area contributed by atoms with E-state index >= 15 is 0 Å². The van der Waals surface area contributed by atoms with Crippen LogP contribution < -0.4 is 15.2 Å². The second kappa shape index (κ2) is 8.69. The SMILES string of the molecule is COc1ccc(CS(=O)(=O)/C(=C\c2c(F)c(F)c(F)c(F)c2F)C(N)=O)cc1OC. The largest absolute Gasteiger partial charge is 0.493 e. The molecule has 2 aromatic carbocycles. The molecule has 6 nitrogen and oxygen atoms in total. The van der Waals surface area contributed by atoms with Gasteiger partial charge in [-0.3, -0.25) is 4.79 Å². The summed E-state index contributed by atoms with van der Waals surface area (Å²) >= 11 is 0. The van der Waals surface area contributed by atoms with Gasteiger partial charge in [-0.2, -0.15) is 0 Å². The van der Waals surface area contributed by atoms with Gasteiger partial charge in [0.2, 0.25) is 5.82 Å². The number of amides is 1. The maximum atomic E-state index is 13.9. The van der Waals surface area contributed by atoms with Crippen molar-refractivity contribution in [3.63, 3.8) is 0 Å². The fraction of sp³-hybridized carbons (Fsp3) is 0.167. The average molecular weight is 451 g/mol. The molecule has 1 amide bonds. The Morgan fingerprint density at radius 2 is 1.43 bits per heavy atom. The summed E-state index contributed by atoms with van der Waals surface area (Å²) in [5, 5.41) is 0. The van der Waals surface area contributed by atoms with Gasteiger partial charge in [0.05, 0.1) is 25.5 Å². The second-order valence-electron chi connectivity index (χ2n) is 5.80. The Morgan fingerprint density at radius 1 is 0.933 bits per heavy atom. The van der Waals surface area contributed by atoms with Gasteiger partial charge < -0.3 is 15.2 Å². The summed E-state index contributed by atoms with van der Waals surface area (Å²) in [6.45, 7) is 0. The standard InChI is InChI=1S/C18H14F5NO5S/c1-28-10-4-3-8(5-11(10)29-2)7-30(26,27)12(18(24)25)6-9-13(19)15(21)17(23)16(22)14(9)20/h3-6H,7H2,1-2H3,(H2,24,25)/b12-6-. The maximum Gasteiger partial charge on any atom is 0.260 e. The third-order valence-corrected chi connectivity index (χ3v) is 5.60. The molecular weight excluding hydrogens is 437 g/mol. The molecule has 2 N–H and O–H groups in total. The predicted octanol–water partition coefficient (Wildman–Crippen LogP) is 2.84. The zero-order chi connectivity index (χ0) is 22.8. The van der Waals surface area contributed by atoms with E-state index < -0.39 is 61.1 Å². The Kier molecular flexibility index (Phi) is 6.70. The molecule has 0 aromatic heterocycles. The number of methoxy groups -OCH3 is 2. The summed E-state index contributed by atoms with van der Waals surface area (Å²) in [5.41, 5.74) is 3.45. The third kappa shape index (κ3) is 4.37. The molecule has 0 heterocycles. The van der Waals surface area contributed by atoms with Crippen LogP contribution in [0.15, 0.2) is 23.1 Å². The lowest BCUT2D eigenvalue weighted by atomic mass is 10.1. The average Bonchev–Trinajstić information content (AvgIpc) is 2.69. The first-order valence-electron chi connectivity index (χ1n) is 7.91. The number of sulfone groups is 1. The highest BCUT2D eigenvalue weighted by atomic mass is 32.2. The second-order valence-corrected chi connectivity index (χ2v) is 7.76. The lowest BCUT2D eigenvalue weighted by Gasteiger charge is -2.11. The van der Waals surface area contributed by atoms with Gasteiger partial charge in [-0.1, -0.05) is 6.07 Å².